The van der Waals surface area contributed by atoms with Gasteiger partial charge in [-0.15, -0.1) is 0 Å². The molecule has 4 saturated carbocycles. The Hall–Kier alpha value is -0.0800. The molecule has 0 aromatic carbocycles. The van der Waals surface area contributed by atoms with Crippen LogP contribution in [-0.4, -0.2) is 25.7 Å². The van der Waals surface area contributed by atoms with Gasteiger partial charge in [0.15, 0.2) is 0 Å². The molecule has 2 nitrogen and oxygen atoms in total. The molecule has 2 heteroatoms. The van der Waals surface area contributed by atoms with Crippen LogP contribution in [0, 0.1) is 41.4 Å². The molecule has 2 N–H and O–H groups in total. The fourth-order valence-electron chi connectivity index (χ4n) is 8.10. The maximum Gasteiger partial charge on any atom is 0.00981 e. The minimum absolute atomic E-state index is 0.910. The number of hydrogen-bond acceptors (Lipinski definition) is 2. The minimum Gasteiger partial charge on any atom is -0.316 e. The lowest BCUT2D eigenvalue weighted by molar-refractivity contribution is 0.104. The number of hydrogen-bond donors (Lipinski definition) is 2. The first-order valence-electron chi connectivity index (χ1n) is 12.3. The molecule has 4 aliphatic carbocycles. The van der Waals surface area contributed by atoms with Crippen LogP contribution in [0.15, 0.2) is 0 Å². The third-order valence-electron chi connectivity index (χ3n) is 9.50. The van der Waals surface area contributed by atoms with E-state index in [-0.39, 0.29) is 0 Å². The van der Waals surface area contributed by atoms with Crippen LogP contribution in [0.5, 0.6) is 0 Å². The normalized spacial score (nSPS) is 49.8. The molecule has 0 bridgehead atoms. The van der Waals surface area contributed by atoms with E-state index in [2.05, 4.69) is 10.6 Å². The average Bonchev–Trinajstić information content (AvgIpc) is 3.33. The van der Waals surface area contributed by atoms with Crippen LogP contribution in [0.4, 0.5) is 0 Å². The Morgan fingerprint density at radius 1 is 0.462 bits per heavy atom. The first-order valence-corrected chi connectivity index (χ1v) is 12.3. The smallest absolute Gasteiger partial charge is 0.00981 e. The average molecular weight is 359 g/mol. The Morgan fingerprint density at radius 2 is 1.04 bits per heavy atom. The van der Waals surface area contributed by atoms with Gasteiger partial charge in [0.1, 0.15) is 0 Å². The third-order valence-corrected chi connectivity index (χ3v) is 9.50. The second kappa shape index (κ2) is 8.11. The Morgan fingerprint density at radius 3 is 1.81 bits per heavy atom. The van der Waals surface area contributed by atoms with Crippen molar-refractivity contribution in [1.29, 1.82) is 0 Å². The van der Waals surface area contributed by atoms with Gasteiger partial charge in [0.25, 0.3) is 0 Å². The van der Waals surface area contributed by atoms with Crippen LogP contribution in [0.25, 0.3) is 0 Å². The fourth-order valence-corrected chi connectivity index (χ4v) is 8.10. The SMILES string of the molecule is C1CC2CC3CCCNC3CC2C1.C1CC2CC3CCNCC3CC2C1. The molecule has 6 aliphatic rings. The number of nitrogens with one attached hydrogen (secondary N) is 2. The van der Waals surface area contributed by atoms with E-state index in [1.165, 1.54) is 64.6 Å². The van der Waals surface area contributed by atoms with Crippen molar-refractivity contribution in [3.05, 3.63) is 0 Å². The lowest BCUT2D eigenvalue weighted by Crippen LogP contribution is -2.46. The van der Waals surface area contributed by atoms with Gasteiger partial charge in [-0.2, -0.15) is 0 Å². The summed E-state index contributed by atoms with van der Waals surface area (Å²) in [6.07, 6.45) is 19.9. The Labute approximate surface area is 161 Å². The van der Waals surface area contributed by atoms with Crippen LogP contribution < -0.4 is 10.6 Å². The van der Waals surface area contributed by atoms with Crippen LogP contribution in [0.3, 0.4) is 0 Å². The van der Waals surface area contributed by atoms with E-state index >= 15 is 0 Å². The molecular weight excluding hydrogens is 316 g/mol. The summed E-state index contributed by atoms with van der Waals surface area (Å²) in [7, 11) is 0. The largest absolute Gasteiger partial charge is 0.316 e. The highest BCUT2D eigenvalue weighted by molar-refractivity contribution is 4.94. The van der Waals surface area contributed by atoms with Crippen molar-refractivity contribution in [2.45, 2.75) is 89.5 Å². The van der Waals surface area contributed by atoms with Gasteiger partial charge in [-0.3, -0.25) is 0 Å². The van der Waals surface area contributed by atoms with E-state index in [0.717, 1.165) is 47.5 Å². The van der Waals surface area contributed by atoms with E-state index in [4.69, 9.17) is 0 Å². The summed E-state index contributed by atoms with van der Waals surface area (Å²) in [6, 6.07) is 0.910. The molecule has 6 rings (SSSR count). The van der Waals surface area contributed by atoms with Gasteiger partial charge < -0.3 is 10.6 Å². The molecule has 2 heterocycles. The molecule has 0 aromatic rings. The molecular formula is C24H42N2. The monoisotopic (exact) mass is 358 g/mol. The van der Waals surface area contributed by atoms with Crippen LogP contribution in [-0.2, 0) is 0 Å². The Balaban J connectivity index is 0.000000115. The number of fused-ring (bicyclic) bond motifs is 4. The fraction of sp³-hybridized carbons (Fsp3) is 1.00. The maximum atomic E-state index is 3.73. The van der Waals surface area contributed by atoms with Gasteiger partial charge in [-0.05, 0) is 106 Å². The highest BCUT2D eigenvalue weighted by atomic mass is 14.9. The van der Waals surface area contributed by atoms with Gasteiger partial charge >= 0.3 is 0 Å². The van der Waals surface area contributed by atoms with E-state index in [1.807, 2.05) is 0 Å². The van der Waals surface area contributed by atoms with Crippen LogP contribution >= 0.6 is 0 Å². The molecule has 2 saturated heterocycles. The van der Waals surface area contributed by atoms with E-state index in [0.29, 0.717) is 0 Å². The van der Waals surface area contributed by atoms with Gasteiger partial charge in [0.2, 0.25) is 0 Å². The topological polar surface area (TPSA) is 24.1 Å². The Bertz CT molecular complexity index is 381. The predicted octanol–water partition coefficient (Wildman–Crippen LogP) is 4.99. The summed E-state index contributed by atoms with van der Waals surface area (Å²) in [5, 5.41) is 7.30. The van der Waals surface area contributed by atoms with Crippen molar-refractivity contribution in [1.82, 2.24) is 10.6 Å². The molecule has 0 amide bonds. The number of rotatable bonds is 0. The van der Waals surface area contributed by atoms with Crippen molar-refractivity contribution in [2.75, 3.05) is 19.6 Å². The predicted molar refractivity (Wildman–Crippen MR) is 109 cm³/mol. The summed E-state index contributed by atoms with van der Waals surface area (Å²) in [6.45, 7) is 3.91. The lowest BCUT2D eigenvalue weighted by atomic mass is 9.67. The summed E-state index contributed by atoms with van der Waals surface area (Å²) in [4.78, 5) is 0. The quantitative estimate of drug-likeness (QED) is 0.637. The van der Waals surface area contributed by atoms with Gasteiger partial charge in [-0.25, -0.2) is 0 Å². The molecule has 0 radical (unpaired) electrons. The zero-order chi connectivity index (χ0) is 17.3. The molecule has 8 unspecified atom stereocenters. The van der Waals surface area contributed by atoms with Crippen LogP contribution in [0.2, 0.25) is 0 Å². The first-order chi connectivity index (χ1) is 12.9. The summed E-state index contributed by atoms with van der Waals surface area (Å²) >= 11 is 0. The molecule has 0 spiro atoms. The zero-order valence-electron chi connectivity index (χ0n) is 16.9. The van der Waals surface area contributed by atoms with Crippen molar-refractivity contribution >= 4 is 0 Å². The van der Waals surface area contributed by atoms with Crippen molar-refractivity contribution < 1.29 is 0 Å². The van der Waals surface area contributed by atoms with Gasteiger partial charge in [0, 0.05) is 6.04 Å². The van der Waals surface area contributed by atoms with Crippen molar-refractivity contribution in [3.63, 3.8) is 0 Å². The van der Waals surface area contributed by atoms with Crippen LogP contribution in [0.1, 0.15) is 83.5 Å². The molecule has 148 valence electrons. The van der Waals surface area contributed by atoms with Crippen molar-refractivity contribution in [2.24, 2.45) is 41.4 Å². The summed E-state index contributed by atoms with van der Waals surface area (Å²) in [5.41, 5.74) is 0. The second-order valence-electron chi connectivity index (χ2n) is 10.8. The summed E-state index contributed by atoms with van der Waals surface area (Å²) in [5.74, 6) is 7.69. The van der Waals surface area contributed by atoms with E-state index < -0.39 is 0 Å². The summed E-state index contributed by atoms with van der Waals surface area (Å²) < 4.78 is 0. The lowest BCUT2D eigenvalue weighted by Gasteiger charge is -2.42. The molecule has 26 heavy (non-hydrogen) atoms. The third kappa shape index (κ3) is 3.75. The van der Waals surface area contributed by atoms with E-state index in [9.17, 15) is 0 Å². The standard InChI is InChI=1S/2C12H21N/c1-3-9-7-11-5-2-6-13-12(11)8-10(9)4-1;1-2-9-6-11-4-5-13-8-12(11)7-10(9)3-1/h2*9-13H,1-8H2. The molecule has 0 aromatic heterocycles. The van der Waals surface area contributed by atoms with Gasteiger partial charge in [-0.1, -0.05) is 38.5 Å². The van der Waals surface area contributed by atoms with Crippen molar-refractivity contribution in [3.8, 4) is 0 Å². The van der Waals surface area contributed by atoms with Gasteiger partial charge in [0.05, 0.1) is 0 Å². The highest BCUT2D eigenvalue weighted by Gasteiger charge is 2.40. The van der Waals surface area contributed by atoms with E-state index in [1.54, 1.807) is 38.5 Å². The molecule has 8 atom stereocenters. The molecule has 2 aliphatic heterocycles. The first kappa shape index (κ1) is 18.0. The zero-order valence-corrected chi connectivity index (χ0v) is 16.9. The Kier molecular flexibility index (Phi) is 5.61. The number of piperidine rings is 2. The maximum absolute atomic E-state index is 3.73. The molecule has 6 fully saturated rings. The highest BCUT2D eigenvalue weighted by Crippen LogP contribution is 2.48. The minimum atomic E-state index is 0.910. The second-order valence-corrected chi connectivity index (χ2v) is 10.8.